The van der Waals surface area contributed by atoms with Crippen LogP contribution in [0.4, 0.5) is 17.6 Å². The van der Waals surface area contributed by atoms with Gasteiger partial charge in [0, 0.05) is 54.9 Å². The number of halogens is 4. The van der Waals surface area contributed by atoms with Gasteiger partial charge in [0.15, 0.2) is 6.17 Å². The zero-order chi connectivity index (χ0) is 31.8. The fourth-order valence-electron chi connectivity index (χ4n) is 6.52. The highest BCUT2D eigenvalue weighted by molar-refractivity contribution is 7.89. The molecule has 3 aliphatic carbocycles. The number of fused-ring (bicyclic) bond motifs is 1. The average molecular weight is 641 g/mol. The maximum atomic E-state index is 15.1. The summed E-state index contributed by atoms with van der Waals surface area (Å²) in [4.78, 5) is 26.7. The average Bonchev–Trinajstić information content (AvgIpc) is 2.93. The van der Waals surface area contributed by atoms with Crippen LogP contribution in [0.25, 0.3) is 0 Å². The molecule has 0 aromatic rings. The Bertz CT molecular complexity index is 1440. The van der Waals surface area contributed by atoms with Crippen molar-refractivity contribution in [3.05, 3.63) is 46.5 Å². The Labute approximate surface area is 256 Å². The lowest BCUT2D eigenvalue weighted by Gasteiger charge is -2.39. The number of alkyl halides is 3. The van der Waals surface area contributed by atoms with Crippen molar-refractivity contribution in [2.75, 3.05) is 26.0 Å². The number of hydrogen-bond donors (Lipinski definition) is 2. The fraction of sp³-hybridized carbons (Fsp3) is 0.633. The van der Waals surface area contributed by atoms with E-state index in [2.05, 4.69) is 19.9 Å². The molecule has 0 spiro atoms. The lowest BCUT2D eigenvalue weighted by atomic mass is 9.83. The molecule has 44 heavy (non-hydrogen) atoms. The number of allylic oxidation sites excluding steroid dienone is 4. The van der Waals surface area contributed by atoms with Gasteiger partial charge in [-0.3, -0.25) is 9.52 Å². The van der Waals surface area contributed by atoms with Crippen LogP contribution in [0.3, 0.4) is 0 Å². The third-order valence-electron chi connectivity index (χ3n) is 8.89. The Morgan fingerprint density at radius 3 is 2.48 bits per heavy atom. The maximum Gasteiger partial charge on any atom is 0.256 e. The lowest BCUT2D eigenvalue weighted by molar-refractivity contribution is -0.130. The first kappa shape index (κ1) is 32.4. The second-order valence-electron chi connectivity index (χ2n) is 12.6. The van der Waals surface area contributed by atoms with Gasteiger partial charge in [-0.15, -0.1) is 0 Å². The van der Waals surface area contributed by atoms with E-state index in [-0.39, 0.29) is 42.4 Å². The molecule has 5 rings (SSSR count). The number of nitrogens with one attached hydrogen (secondary N) is 2. The van der Waals surface area contributed by atoms with E-state index in [0.717, 1.165) is 31.8 Å². The topological polar surface area (TPSA) is 106 Å². The molecule has 2 heterocycles. The number of aliphatic imine (C=N–C) groups is 2. The summed E-state index contributed by atoms with van der Waals surface area (Å²) in [6.07, 6.45) is 7.94. The van der Waals surface area contributed by atoms with E-state index >= 15 is 4.39 Å². The number of nitrogens with zero attached hydrogens (tertiary/aromatic N) is 4. The van der Waals surface area contributed by atoms with Gasteiger partial charge in [0.2, 0.25) is 21.9 Å². The Morgan fingerprint density at radius 1 is 1.16 bits per heavy atom. The van der Waals surface area contributed by atoms with Crippen molar-refractivity contribution >= 4 is 28.1 Å². The number of sulfonamides is 1. The van der Waals surface area contributed by atoms with E-state index in [1.807, 2.05) is 20.9 Å². The van der Waals surface area contributed by atoms with E-state index in [4.69, 9.17) is 4.99 Å². The highest BCUT2D eigenvalue weighted by Gasteiger charge is 2.47. The third-order valence-corrected chi connectivity index (χ3v) is 10.3. The highest BCUT2D eigenvalue weighted by atomic mass is 32.2. The third kappa shape index (κ3) is 7.27. The largest absolute Gasteiger partial charge is 0.352 e. The van der Waals surface area contributed by atoms with Gasteiger partial charge in [-0.25, -0.2) is 36.0 Å². The molecule has 2 N–H and O–H groups in total. The number of carbonyl (C=O) groups is 1. The van der Waals surface area contributed by atoms with Crippen LogP contribution in [0, 0.1) is 5.92 Å². The summed E-state index contributed by atoms with van der Waals surface area (Å²) in [6, 6.07) is 0.278. The zero-order valence-corrected chi connectivity index (χ0v) is 26.0. The molecule has 9 nitrogen and oxygen atoms in total. The van der Waals surface area contributed by atoms with Crippen LogP contribution in [0.5, 0.6) is 0 Å². The zero-order valence-electron chi connectivity index (χ0n) is 25.2. The van der Waals surface area contributed by atoms with Crippen molar-refractivity contribution in [1.29, 1.82) is 0 Å². The summed E-state index contributed by atoms with van der Waals surface area (Å²) in [5.74, 6) is -4.78. The molecule has 0 bridgehead atoms. The standard InChI is InChI=1S/C30H40F4N6O3S/c1-18(2)40-27-21(16-35-29(37-27)36-22-5-7-23(8-6-22)39(3)11-10-31)12-24(28(40)41)20-4-9-26(25(32)13-20)38-44(42,43)17-19-14-30(33,34)15-19/h9,12-13,16,18-19,22-23,27,38H,4-8,10-11,14-15,17H2,1-3H3,(H,36,37). The molecule has 5 aliphatic rings. The molecule has 2 saturated carbocycles. The molecular formula is C30H40F4N6O3S. The van der Waals surface area contributed by atoms with Crippen molar-refractivity contribution in [3.63, 3.8) is 0 Å². The molecule has 2 aliphatic heterocycles. The van der Waals surface area contributed by atoms with Gasteiger partial charge in [-0.2, -0.15) is 0 Å². The minimum Gasteiger partial charge on any atom is -0.352 e. The Morgan fingerprint density at radius 2 is 1.86 bits per heavy atom. The fourth-order valence-corrected chi connectivity index (χ4v) is 7.98. The molecule has 14 heteroatoms. The SMILES string of the molecule is CC(C)N1C(=O)C(=C2C=C(F)C(NS(=O)(=O)CC3CC(F)(F)C3)=CC2)C=C2C=NC(NC3CCC(N(C)CCF)CC3)=NC21. The van der Waals surface area contributed by atoms with Crippen molar-refractivity contribution in [2.45, 2.75) is 89.0 Å². The van der Waals surface area contributed by atoms with Crippen LogP contribution in [-0.2, 0) is 14.8 Å². The maximum absolute atomic E-state index is 15.1. The van der Waals surface area contributed by atoms with Gasteiger partial charge in [0.1, 0.15) is 12.5 Å². The lowest BCUT2D eigenvalue weighted by Crippen LogP contribution is -2.51. The predicted octanol–water partition coefficient (Wildman–Crippen LogP) is 4.13. The van der Waals surface area contributed by atoms with Crippen LogP contribution in [0.1, 0.15) is 58.8 Å². The normalized spacial score (nSPS) is 29.1. The van der Waals surface area contributed by atoms with Gasteiger partial charge in [-0.05, 0) is 76.6 Å². The minimum absolute atomic E-state index is 0.0879. The summed E-state index contributed by atoms with van der Waals surface area (Å²) in [6.45, 7) is 3.81. The summed E-state index contributed by atoms with van der Waals surface area (Å²) in [5, 5.41) is 3.41. The van der Waals surface area contributed by atoms with E-state index in [1.165, 1.54) is 6.08 Å². The van der Waals surface area contributed by atoms with Crippen LogP contribution in [-0.4, -0.2) is 92.5 Å². The van der Waals surface area contributed by atoms with Crippen molar-refractivity contribution < 1.29 is 30.8 Å². The molecular weight excluding hydrogens is 600 g/mol. The smallest absolute Gasteiger partial charge is 0.256 e. The molecule has 1 amide bonds. The second kappa shape index (κ2) is 12.8. The minimum atomic E-state index is -4.03. The van der Waals surface area contributed by atoms with E-state index in [1.54, 1.807) is 17.2 Å². The van der Waals surface area contributed by atoms with Crippen molar-refractivity contribution in [2.24, 2.45) is 15.9 Å². The number of amides is 1. The predicted molar refractivity (Wildman–Crippen MR) is 161 cm³/mol. The van der Waals surface area contributed by atoms with Gasteiger partial charge in [-0.1, -0.05) is 6.08 Å². The van der Waals surface area contributed by atoms with Crippen molar-refractivity contribution in [1.82, 2.24) is 19.8 Å². The number of guanidine groups is 1. The molecule has 0 saturated heterocycles. The van der Waals surface area contributed by atoms with Gasteiger partial charge in [0.05, 0.1) is 11.4 Å². The van der Waals surface area contributed by atoms with Crippen LogP contribution < -0.4 is 10.0 Å². The molecule has 242 valence electrons. The Kier molecular flexibility index (Phi) is 9.41. The number of carbonyl (C=O) groups excluding carboxylic acids is 1. The van der Waals surface area contributed by atoms with Crippen LogP contribution in [0.2, 0.25) is 0 Å². The van der Waals surface area contributed by atoms with Crippen molar-refractivity contribution in [3.8, 4) is 0 Å². The van der Waals surface area contributed by atoms with Gasteiger partial charge < -0.3 is 15.1 Å². The van der Waals surface area contributed by atoms with Gasteiger partial charge in [0.25, 0.3) is 5.91 Å². The van der Waals surface area contributed by atoms with Crippen LogP contribution >= 0.6 is 0 Å². The quantitative estimate of drug-likeness (QED) is 0.291. The summed E-state index contributed by atoms with van der Waals surface area (Å²) in [5.41, 5.74) is 1.05. The number of hydrogen-bond acceptors (Lipinski definition) is 7. The second-order valence-corrected chi connectivity index (χ2v) is 14.4. The number of rotatable bonds is 9. The first-order valence-corrected chi connectivity index (χ1v) is 16.8. The molecule has 1 unspecified atom stereocenters. The Hall–Kier alpha value is -3.00. The Balaban J connectivity index is 1.27. The highest BCUT2D eigenvalue weighted by Crippen LogP contribution is 2.43. The monoisotopic (exact) mass is 640 g/mol. The molecule has 2 fully saturated rings. The molecule has 0 aromatic carbocycles. The van der Waals surface area contributed by atoms with Crippen LogP contribution in [0.15, 0.2) is 56.5 Å². The van der Waals surface area contributed by atoms with E-state index < -0.39 is 52.5 Å². The molecule has 0 radical (unpaired) electrons. The molecule has 1 atom stereocenters. The summed E-state index contributed by atoms with van der Waals surface area (Å²) < 4.78 is 81.2. The van der Waals surface area contributed by atoms with E-state index in [0.29, 0.717) is 29.7 Å². The first-order chi connectivity index (χ1) is 20.7. The van der Waals surface area contributed by atoms with Gasteiger partial charge >= 0.3 is 0 Å². The first-order valence-electron chi connectivity index (χ1n) is 15.1. The summed E-state index contributed by atoms with van der Waals surface area (Å²) in [7, 11) is -2.08. The van der Waals surface area contributed by atoms with E-state index in [9.17, 15) is 26.4 Å². The molecule has 0 aromatic heterocycles. The summed E-state index contributed by atoms with van der Waals surface area (Å²) >= 11 is 0.